The topological polar surface area (TPSA) is 76.8 Å². The average Bonchev–Trinajstić information content (AvgIpc) is 3.09. The van der Waals surface area contributed by atoms with Crippen LogP contribution in [0.25, 0.3) is 0 Å². The van der Waals surface area contributed by atoms with Gasteiger partial charge in [0.15, 0.2) is 0 Å². The van der Waals surface area contributed by atoms with E-state index in [1.54, 1.807) is 14.2 Å². The van der Waals surface area contributed by atoms with Crippen LogP contribution in [0.15, 0.2) is 18.2 Å². The van der Waals surface area contributed by atoms with Crippen LogP contribution in [0.3, 0.4) is 0 Å². The Balaban J connectivity index is 1.59. The normalized spacial score (nSPS) is 26.4. The van der Waals surface area contributed by atoms with E-state index in [1.165, 1.54) is 0 Å². The average molecular weight is 347 g/mol. The van der Waals surface area contributed by atoms with Crippen LogP contribution in [-0.4, -0.2) is 45.3 Å². The van der Waals surface area contributed by atoms with Crippen molar-refractivity contribution in [1.29, 1.82) is 0 Å². The number of benzene rings is 1. The zero-order valence-electron chi connectivity index (χ0n) is 15.2. The summed E-state index contributed by atoms with van der Waals surface area (Å²) < 4.78 is 10.7. The first-order valence-corrected chi connectivity index (χ1v) is 9.13. The molecule has 6 heteroatoms. The molecule has 1 aliphatic heterocycles. The van der Waals surface area contributed by atoms with Crippen molar-refractivity contribution in [2.24, 2.45) is 11.7 Å². The summed E-state index contributed by atoms with van der Waals surface area (Å²) in [6, 6.07) is 6.24. The van der Waals surface area contributed by atoms with E-state index in [4.69, 9.17) is 15.2 Å². The molecule has 1 heterocycles. The third kappa shape index (κ3) is 4.37. The van der Waals surface area contributed by atoms with Crippen molar-refractivity contribution in [2.45, 2.75) is 44.2 Å². The molecule has 0 bridgehead atoms. The van der Waals surface area contributed by atoms with Crippen molar-refractivity contribution in [1.82, 2.24) is 5.32 Å². The van der Waals surface area contributed by atoms with Gasteiger partial charge in [0, 0.05) is 55.0 Å². The highest BCUT2D eigenvalue weighted by Crippen LogP contribution is 2.30. The van der Waals surface area contributed by atoms with Gasteiger partial charge in [-0.05, 0) is 25.7 Å². The third-order valence-electron chi connectivity index (χ3n) is 5.32. The Morgan fingerprint density at radius 1 is 1.16 bits per heavy atom. The first-order chi connectivity index (χ1) is 12.1. The Labute approximate surface area is 149 Å². The fraction of sp³-hybridized carbons (Fsp3) is 0.632. The highest BCUT2D eigenvalue weighted by Gasteiger charge is 2.30. The predicted octanol–water partition coefficient (Wildman–Crippen LogP) is 1.92. The number of hydrogen-bond acceptors (Lipinski definition) is 5. The number of anilines is 1. The maximum atomic E-state index is 12.5. The number of ether oxygens (including phenoxy) is 2. The second kappa shape index (κ2) is 7.95. The fourth-order valence-corrected chi connectivity index (χ4v) is 3.87. The fourth-order valence-electron chi connectivity index (χ4n) is 3.87. The van der Waals surface area contributed by atoms with Gasteiger partial charge in [-0.1, -0.05) is 6.42 Å². The van der Waals surface area contributed by atoms with Gasteiger partial charge in [-0.15, -0.1) is 0 Å². The molecule has 3 rings (SSSR count). The number of hydrogen-bond donors (Lipinski definition) is 2. The molecule has 1 saturated carbocycles. The summed E-state index contributed by atoms with van der Waals surface area (Å²) in [6.45, 7) is 1.71. The number of carbonyl (C=O) groups is 1. The van der Waals surface area contributed by atoms with Crippen LogP contribution in [0, 0.1) is 5.92 Å². The molecule has 0 aromatic heterocycles. The van der Waals surface area contributed by atoms with Crippen LogP contribution in [0.4, 0.5) is 5.69 Å². The molecule has 138 valence electrons. The minimum Gasteiger partial charge on any atom is -0.497 e. The van der Waals surface area contributed by atoms with E-state index in [9.17, 15) is 4.79 Å². The van der Waals surface area contributed by atoms with Crippen LogP contribution in [-0.2, 0) is 4.79 Å². The zero-order chi connectivity index (χ0) is 17.8. The molecular weight excluding hydrogens is 318 g/mol. The summed E-state index contributed by atoms with van der Waals surface area (Å²) in [5, 5.41) is 3.23. The standard InChI is InChI=1S/C19H29N3O3/c1-24-17-9-16(10-18(11-17)25-2)22-7-6-15(12-22)21-19(23)13-4-3-5-14(20)8-13/h9-11,13-15H,3-8,12,20H2,1-2H3,(H,21,23). The van der Waals surface area contributed by atoms with Gasteiger partial charge in [0.2, 0.25) is 5.91 Å². The number of amides is 1. The van der Waals surface area contributed by atoms with E-state index < -0.39 is 0 Å². The first-order valence-electron chi connectivity index (χ1n) is 9.13. The summed E-state index contributed by atoms with van der Waals surface area (Å²) in [6.07, 6.45) is 4.82. The molecule has 1 aromatic rings. The summed E-state index contributed by atoms with van der Waals surface area (Å²) in [4.78, 5) is 14.8. The summed E-state index contributed by atoms with van der Waals surface area (Å²) in [5.41, 5.74) is 7.07. The van der Waals surface area contributed by atoms with Crippen LogP contribution >= 0.6 is 0 Å². The number of methoxy groups -OCH3 is 2. The number of nitrogens with zero attached hydrogens (tertiary/aromatic N) is 1. The third-order valence-corrected chi connectivity index (χ3v) is 5.32. The lowest BCUT2D eigenvalue weighted by Crippen LogP contribution is -2.43. The molecule has 3 N–H and O–H groups in total. The van der Waals surface area contributed by atoms with E-state index in [0.29, 0.717) is 0 Å². The van der Waals surface area contributed by atoms with E-state index in [0.717, 1.165) is 62.4 Å². The maximum Gasteiger partial charge on any atom is 0.223 e. The van der Waals surface area contributed by atoms with Crippen molar-refractivity contribution in [2.75, 3.05) is 32.2 Å². The van der Waals surface area contributed by atoms with Gasteiger partial charge in [0.05, 0.1) is 14.2 Å². The Morgan fingerprint density at radius 2 is 1.88 bits per heavy atom. The van der Waals surface area contributed by atoms with Gasteiger partial charge in [-0.3, -0.25) is 4.79 Å². The molecule has 3 atom stereocenters. The molecule has 2 aliphatic rings. The second-order valence-corrected chi connectivity index (χ2v) is 7.13. The largest absolute Gasteiger partial charge is 0.497 e. The van der Waals surface area contributed by atoms with Gasteiger partial charge >= 0.3 is 0 Å². The molecule has 1 saturated heterocycles. The van der Waals surface area contributed by atoms with E-state index in [2.05, 4.69) is 10.2 Å². The molecular formula is C19H29N3O3. The molecule has 6 nitrogen and oxygen atoms in total. The summed E-state index contributed by atoms with van der Waals surface area (Å²) in [5.74, 6) is 1.80. The van der Waals surface area contributed by atoms with Crippen molar-refractivity contribution >= 4 is 11.6 Å². The first kappa shape index (κ1) is 17.9. The predicted molar refractivity (Wildman–Crippen MR) is 98.2 cm³/mol. The Kier molecular flexibility index (Phi) is 5.68. The lowest BCUT2D eigenvalue weighted by Gasteiger charge is -2.27. The number of nitrogens with two attached hydrogens (primary N) is 1. The highest BCUT2D eigenvalue weighted by atomic mass is 16.5. The SMILES string of the molecule is COc1cc(OC)cc(N2CCC(NC(=O)C3CCCC(N)C3)C2)c1. The number of carbonyl (C=O) groups excluding carboxylic acids is 1. The lowest BCUT2D eigenvalue weighted by molar-refractivity contribution is -0.126. The monoisotopic (exact) mass is 347 g/mol. The maximum absolute atomic E-state index is 12.5. The minimum absolute atomic E-state index is 0.0784. The van der Waals surface area contributed by atoms with Gasteiger partial charge in [0.25, 0.3) is 0 Å². The van der Waals surface area contributed by atoms with Gasteiger partial charge < -0.3 is 25.4 Å². The molecule has 2 fully saturated rings. The Bertz CT molecular complexity index is 585. The molecule has 1 aliphatic carbocycles. The van der Waals surface area contributed by atoms with Crippen molar-refractivity contribution in [3.63, 3.8) is 0 Å². The highest BCUT2D eigenvalue weighted by molar-refractivity contribution is 5.79. The molecule has 25 heavy (non-hydrogen) atoms. The molecule has 1 amide bonds. The van der Waals surface area contributed by atoms with Crippen LogP contribution in [0.2, 0.25) is 0 Å². The number of rotatable bonds is 5. The van der Waals surface area contributed by atoms with Crippen molar-refractivity contribution < 1.29 is 14.3 Å². The molecule has 3 unspecified atom stereocenters. The van der Waals surface area contributed by atoms with Gasteiger partial charge in [0.1, 0.15) is 11.5 Å². The summed E-state index contributed by atoms with van der Waals surface area (Å²) >= 11 is 0. The zero-order valence-corrected chi connectivity index (χ0v) is 15.2. The quantitative estimate of drug-likeness (QED) is 0.851. The molecule has 1 aromatic carbocycles. The van der Waals surface area contributed by atoms with Crippen LogP contribution < -0.4 is 25.4 Å². The Morgan fingerprint density at radius 3 is 2.52 bits per heavy atom. The minimum atomic E-state index is 0.0784. The van der Waals surface area contributed by atoms with E-state index >= 15 is 0 Å². The van der Waals surface area contributed by atoms with E-state index in [1.807, 2.05) is 18.2 Å². The van der Waals surface area contributed by atoms with Gasteiger partial charge in [-0.25, -0.2) is 0 Å². The van der Waals surface area contributed by atoms with Crippen LogP contribution in [0.1, 0.15) is 32.1 Å². The molecule has 0 spiro atoms. The molecule has 0 radical (unpaired) electrons. The van der Waals surface area contributed by atoms with E-state index in [-0.39, 0.29) is 23.9 Å². The smallest absolute Gasteiger partial charge is 0.223 e. The second-order valence-electron chi connectivity index (χ2n) is 7.13. The lowest BCUT2D eigenvalue weighted by atomic mass is 9.85. The number of nitrogens with one attached hydrogen (secondary N) is 1. The van der Waals surface area contributed by atoms with Crippen molar-refractivity contribution in [3.8, 4) is 11.5 Å². The van der Waals surface area contributed by atoms with Crippen LogP contribution in [0.5, 0.6) is 11.5 Å². The van der Waals surface area contributed by atoms with Gasteiger partial charge in [-0.2, -0.15) is 0 Å². The summed E-state index contributed by atoms with van der Waals surface area (Å²) in [7, 11) is 3.31. The Hall–Kier alpha value is -1.95. The van der Waals surface area contributed by atoms with Crippen molar-refractivity contribution in [3.05, 3.63) is 18.2 Å².